The molecule has 3 heterocycles. The topological polar surface area (TPSA) is 72.4 Å². The molecule has 0 atom stereocenters. The van der Waals surface area contributed by atoms with E-state index in [4.69, 9.17) is 5.73 Å². The molecule has 3 aliphatic heterocycles. The normalized spacial score (nSPS) is 18.6. The van der Waals surface area contributed by atoms with Crippen molar-refractivity contribution in [1.29, 1.82) is 0 Å². The number of anilines is 2. The van der Waals surface area contributed by atoms with Gasteiger partial charge in [-0.05, 0) is 30.4 Å². The number of rotatable bonds is 1. The molecule has 0 saturated carbocycles. The Hall–Kier alpha value is -1.78. The van der Waals surface area contributed by atoms with Crippen molar-refractivity contribution >= 4 is 17.1 Å². The van der Waals surface area contributed by atoms with Gasteiger partial charge in [-0.15, -0.1) is 0 Å². The quantitative estimate of drug-likeness (QED) is 0.444. The zero-order chi connectivity index (χ0) is 11.3. The summed E-state index contributed by atoms with van der Waals surface area (Å²) in [7, 11) is 0. The first-order valence-electron chi connectivity index (χ1n) is 5.50. The number of nitrogens with zero attached hydrogens (tertiary/aromatic N) is 2. The van der Waals surface area contributed by atoms with Crippen LogP contribution in [0.1, 0.15) is 24.3 Å². The highest BCUT2D eigenvalue weighted by Crippen LogP contribution is 2.48. The van der Waals surface area contributed by atoms with Gasteiger partial charge in [0.25, 0.3) is 0 Å². The molecule has 2 N–H and O–H groups in total. The van der Waals surface area contributed by atoms with Crippen LogP contribution in [-0.4, -0.2) is 18.0 Å². The molecule has 1 fully saturated rings. The van der Waals surface area contributed by atoms with Gasteiger partial charge in [-0.3, -0.25) is 10.1 Å². The van der Waals surface area contributed by atoms with E-state index >= 15 is 0 Å². The summed E-state index contributed by atoms with van der Waals surface area (Å²) in [6.45, 7) is 1.84. The average molecular weight is 219 g/mol. The van der Waals surface area contributed by atoms with E-state index in [0.29, 0.717) is 5.92 Å². The summed E-state index contributed by atoms with van der Waals surface area (Å²) in [4.78, 5) is 12.8. The van der Waals surface area contributed by atoms with Crippen molar-refractivity contribution in [3.63, 3.8) is 0 Å². The number of nitro benzene ring substituents is 1. The number of piperidine rings is 1. The summed E-state index contributed by atoms with van der Waals surface area (Å²) in [5.74, 6) is 0.485. The molecule has 0 unspecified atom stereocenters. The fourth-order valence-electron chi connectivity index (χ4n) is 2.88. The molecule has 1 aromatic rings. The van der Waals surface area contributed by atoms with Crippen LogP contribution >= 0.6 is 0 Å². The van der Waals surface area contributed by atoms with E-state index in [1.165, 1.54) is 0 Å². The minimum Gasteiger partial charge on any atom is -0.393 e. The molecule has 0 aliphatic carbocycles. The van der Waals surface area contributed by atoms with Crippen molar-refractivity contribution in [3.8, 4) is 0 Å². The van der Waals surface area contributed by atoms with Gasteiger partial charge in [-0.1, -0.05) is 6.07 Å². The molecule has 5 nitrogen and oxygen atoms in total. The molecule has 0 amide bonds. The second-order valence-corrected chi connectivity index (χ2v) is 4.46. The Morgan fingerprint density at radius 2 is 2.06 bits per heavy atom. The second kappa shape index (κ2) is 3.10. The molecule has 16 heavy (non-hydrogen) atoms. The highest BCUT2D eigenvalue weighted by atomic mass is 16.6. The number of hydrogen-bond acceptors (Lipinski definition) is 4. The predicted octanol–water partition coefficient (Wildman–Crippen LogP) is 1.87. The average Bonchev–Trinajstić information content (AvgIpc) is 2.29. The summed E-state index contributed by atoms with van der Waals surface area (Å²) >= 11 is 0. The van der Waals surface area contributed by atoms with E-state index < -0.39 is 0 Å². The first kappa shape index (κ1) is 9.45. The molecule has 3 aliphatic rings. The second-order valence-electron chi connectivity index (χ2n) is 4.46. The molecule has 5 heteroatoms. The fourth-order valence-corrected chi connectivity index (χ4v) is 2.88. The third kappa shape index (κ3) is 1.11. The molecule has 0 aromatic heterocycles. The van der Waals surface area contributed by atoms with Gasteiger partial charge >= 0.3 is 5.69 Å². The van der Waals surface area contributed by atoms with Crippen molar-refractivity contribution in [2.24, 2.45) is 0 Å². The zero-order valence-corrected chi connectivity index (χ0v) is 8.85. The molecule has 4 rings (SSSR count). The van der Waals surface area contributed by atoms with Crippen molar-refractivity contribution in [3.05, 3.63) is 27.8 Å². The maximum absolute atomic E-state index is 11.1. The molecule has 84 valence electrons. The Kier molecular flexibility index (Phi) is 1.83. The largest absolute Gasteiger partial charge is 0.393 e. The lowest BCUT2D eigenvalue weighted by molar-refractivity contribution is -0.383. The number of fused-ring (bicyclic) bond motifs is 2. The van der Waals surface area contributed by atoms with Crippen LogP contribution in [0.25, 0.3) is 0 Å². The van der Waals surface area contributed by atoms with Crippen molar-refractivity contribution in [2.75, 3.05) is 23.7 Å². The molecule has 1 saturated heterocycles. The van der Waals surface area contributed by atoms with Crippen molar-refractivity contribution in [1.82, 2.24) is 0 Å². The highest BCUT2D eigenvalue weighted by Gasteiger charge is 2.36. The first-order valence-corrected chi connectivity index (χ1v) is 5.50. The molecule has 0 radical (unpaired) electrons. The lowest BCUT2D eigenvalue weighted by Gasteiger charge is -2.41. The van der Waals surface area contributed by atoms with Crippen LogP contribution in [0.3, 0.4) is 0 Å². The van der Waals surface area contributed by atoms with Gasteiger partial charge in [0, 0.05) is 13.1 Å². The van der Waals surface area contributed by atoms with E-state index in [1.807, 2.05) is 6.07 Å². The third-order valence-electron chi connectivity index (χ3n) is 3.65. The minimum absolute atomic E-state index is 0.0990. The molecule has 0 spiro atoms. The number of benzene rings is 1. The maximum atomic E-state index is 11.1. The summed E-state index contributed by atoms with van der Waals surface area (Å²) in [5.41, 5.74) is 7.96. The van der Waals surface area contributed by atoms with Gasteiger partial charge in [-0.2, -0.15) is 0 Å². The fraction of sp³-hybridized carbons (Fsp3) is 0.455. The van der Waals surface area contributed by atoms with Crippen LogP contribution in [0.5, 0.6) is 0 Å². The van der Waals surface area contributed by atoms with E-state index in [2.05, 4.69) is 4.90 Å². The SMILES string of the molecule is Nc1ccc2c(c1[N+](=O)[O-])N1CCC2CC1. The van der Waals surface area contributed by atoms with E-state index in [9.17, 15) is 10.1 Å². The van der Waals surface area contributed by atoms with Crippen molar-refractivity contribution in [2.45, 2.75) is 18.8 Å². The summed E-state index contributed by atoms with van der Waals surface area (Å²) in [6.07, 6.45) is 2.21. The smallest absolute Gasteiger partial charge is 0.315 e. The maximum Gasteiger partial charge on any atom is 0.315 e. The van der Waals surface area contributed by atoms with Gasteiger partial charge in [0.1, 0.15) is 11.4 Å². The predicted molar refractivity (Wildman–Crippen MR) is 61.7 cm³/mol. The van der Waals surface area contributed by atoms with Gasteiger partial charge in [0.05, 0.1) is 4.92 Å². The van der Waals surface area contributed by atoms with Crippen LogP contribution in [0, 0.1) is 10.1 Å². The number of nitro groups is 1. The third-order valence-corrected chi connectivity index (χ3v) is 3.65. The van der Waals surface area contributed by atoms with Crippen LogP contribution in [0.4, 0.5) is 17.1 Å². The lowest BCUT2D eigenvalue weighted by Crippen LogP contribution is -2.39. The van der Waals surface area contributed by atoms with Crippen LogP contribution < -0.4 is 10.6 Å². The number of nitrogen functional groups attached to an aromatic ring is 1. The summed E-state index contributed by atoms with van der Waals surface area (Å²) in [6, 6.07) is 3.62. The van der Waals surface area contributed by atoms with Gasteiger partial charge in [0.15, 0.2) is 0 Å². The summed E-state index contributed by atoms with van der Waals surface area (Å²) in [5, 5.41) is 11.1. The van der Waals surface area contributed by atoms with E-state index in [-0.39, 0.29) is 16.3 Å². The Morgan fingerprint density at radius 1 is 1.38 bits per heavy atom. The van der Waals surface area contributed by atoms with Crippen LogP contribution in [-0.2, 0) is 0 Å². The number of nitrogens with two attached hydrogens (primary N) is 1. The van der Waals surface area contributed by atoms with Gasteiger partial charge in [0.2, 0.25) is 0 Å². The lowest BCUT2D eigenvalue weighted by atomic mass is 9.82. The Morgan fingerprint density at radius 3 is 2.69 bits per heavy atom. The van der Waals surface area contributed by atoms with Gasteiger partial charge in [-0.25, -0.2) is 0 Å². The first-order chi connectivity index (χ1) is 7.68. The van der Waals surface area contributed by atoms with Gasteiger partial charge < -0.3 is 10.6 Å². The Balaban J connectivity index is 2.27. The Bertz CT molecular complexity index is 465. The monoisotopic (exact) mass is 219 g/mol. The van der Waals surface area contributed by atoms with E-state index in [0.717, 1.165) is 37.2 Å². The molecule has 1 aromatic carbocycles. The number of hydrogen-bond donors (Lipinski definition) is 1. The Labute approximate surface area is 93.0 Å². The van der Waals surface area contributed by atoms with Crippen LogP contribution in [0.15, 0.2) is 12.1 Å². The van der Waals surface area contributed by atoms with Crippen molar-refractivity contribution < 1.29 is 4.92 Å². The standard InChI is InChI=1S/C11H13N3O2/c12-9-2-1-8-7-3-5-13(6-4-7)10(8)11(9)14(15)16/h1-2,7H,3-6,12H2. The molecular formula is C11H13N3O2. The van der Waals surface area contributed by atoms with Crippen LogP contribution in [0.2, 0.25) is 0 Å². The summed E-state index contributed by atoms with van der Waals surface area (Å²) < 4.78 is 0. The zero-order valence-electron chi connectivity index (χ0n) is 8.85. The van der Waals surface area contributed by atoms with E-state index in [1.54, 1.807) is 6.07 Å². The highest BCUT2D eigenvalue weighted by molar-refractivity contribution is 5.80. The minimum atomic E-state index is -0.352. The molecule has 2 bridgehead atoms. The molecular weight excluding hydrogens is 206 g/mol.